The van der Waals surface area contributed by atoms with Crippen LogP contribution in [-0.2, 0) is 11.3 Å². The summed E-state index contributed by atoms with van der Waals surface area (Å²) in [5.74, 6) is -0.233. The molecule has 1 aromatic rings. The fraction of sp³-hybridized carbons (Fsp3) is 0.462. The third-order valence-corrected chi connectivity index (χ3v) is 2.38. The average molecular weight is 221 g/mol. The Bertz CT molecular complexity index is 372. The van der Waals surface area contributed by atoms with Crippen LogP contribution in [0.4, 0.5) is 0 Å². The molecule has 16 heavy (non-hydrogen) atoms. The van der Waals surface area contributed by atoms with Gasteiger partial charge in [0.05, 0.1) is 12.2 Å². The smallest absolute Gasteiger partial charge is 0.338 e. The van der Waals surface area contributed by atoms with E-state index in [1.807, 2.05) is 51.0 Å². The lowest BCUT2D eigenvalue weighted by atomic mass is 10.0. The molecule has 88 valence electrons. The maximum Gasteiger partial charge on any atom is 0.338 e. The third-order valence-electron chi connectivity index (χ3n) is 2.38. The molecule has 0 heterocycles. The number of aryl methyl sites for hydroxylation is 1. The summed E-state index contributed by atoms with van der Waals surface area (Å²) in [6.45, 7) is 5.00. The number of benzene rings is 1. The van der Waals surface area contributed by atoms with Gasteiger partial charge in [0.25, 0.3) is 0 Å². The highest BCUT2D eigenvalue weighted by atomic mass is 16.5. The Morgan fingerprint density at radius 2 is 2.06 bits per heavy atom. The SMILES string of the molecule is CCOC(=O)c1cccc(C)c1CN(C)C. The van der Waals surface area contributed by atoms with Gasteiger partial charge >= 0.3 is 5.97 Å². The Morgan fingerprint density at radius 1 is 1.38 bits per heavy atom. The molecule has 0 aliphatic heterocycles. The second-order valence-corrected chi connectivity index (χ2v) is 4.06. The quantitative estimate of drug-likeness (QED) is 0.730. The molecule has 0 saturated heterocycles. The van der Waals surface area contributed by atoms with E-state index in [-0.39, 0.29) is 5.97 Å². The van der Waals surface area contributed by atoms with Gasteiger partial charge in [-0.25, -0.2) is 4.79 Å². The number of carbonyl (C=O) groups is 1. The first-order chi connectivity index (χ1) is 7.56. The molecule has 3 heteroatoms. The van der Waals surface area contributed by atoms with E-state index in [1.165, 1.54) is 0 Å². The van der Waals surface area contributed by atoms with Gasteiger partial charge in [0.1, 0.15) is 0 Å². The van der Waals surface area contributed by atoms with Crippen LogP contribution in [0.1, 0.15) is 28.4 Å². The van der Waals surface area contributed by atoms with Crippen LogP contribution in [0.2, 0.25) is 0 Å². The first kappa shape index (κ1) is 12.7. The Hall–Kier alpha value is -1.35. The van der Waals surface area contributed by atoms with E-state index in [0.29, 0.717) is 12.2 Å². The van der Waals surface area contributed by atoms with Gasteiger partial charge in [-0.15, -0.1) is 0 Å². The Labute approximate surface area is 97.0 Å². The molecule has 0 atom stereocenters. The van der Waals surface area contributed by atoms with Crippen LogP contribution >= 0.6 is 0 Å². The zero-order valence-electron chi connectivity index (χ0n) is 10.4. The number of ether oxygens (including phenoxy) is 1. The highest BCUT2D eigenvalue weighted by Gasteiger charge is 2.14. The molecule has 0 aliphatic carbocycles. The minimum atomic E-state index is -0.233. The Morgan fingerprint density at radius 3 is 2.62 bits per heavy atom. The van der Waals surface area contributed by atoms with Gasteiger partial charge in [0.15, 0.2) is 0 Å². The van der Waals surface area contributed by atoms with Gasteiger partial charge in [-0.1, -0.05) is 12.1 Å². The van der Waals surface area contributed by atoms with Crippen LogP contribution in [0.3, 0.4) is 0 Å². The van der Waals surface area contributed by atoms with Crippen molar-refractivity contribution in [2.75, 3.05) is 20.7 Å². The van der Waals surface area contributed by atoms with Gasteiger partial charge in [0.2, 0.25) is 0 Å². The maximum atomic E-state index is 11.8. The summed E-state index contributed by atoms with van der Waals surface area (Å²) >= 11 is 0. The van der Waals surface area contributed by atoms with E-state index in [4.69, 9.17) is 4.74 Å². The normalized spacial score (nSPS) is 10.6. The van der Waals surface area contributed by atoms with Crippen molar-refractivity contribution in [1.82, 2.24) is 4.90 Å². The number of nitrogens with zero attached hydrogens (tertiary/aromatic N) is 1. The highest BCUT2D eigenvalue weighted by molar-refractivity contribution is 5.91. The molecular formula is C13H19NO2. The monoisotopic (exact) mass is 221 g/mol. The summed E-state index contributed by atoms with van der Waals surface area (Å²) < 4.78 is 5.05. The van der Waals surface area contributed by atoms with E-state index >= 15 is 0 Å². The predicted molar refractivity (Wildman–Crippen MR) is 64.5 cm³/mol. The zero-order chi connectivity index (χ0) is 12.1. The molecule has 0 bridgehead atoms. The second kappa shape index (κ2) is 5.66. The summed E-state index contributed by atoms with van der Waals surface area (Å²) in [5, 5.41) is 0. The third kappa shape index (κ3) is 3.07. The van der Waals surface area contributed by atoms with Crippen LogP contribution in [-0.4, -0.2) is 31.6 Å². The first-order valence-electron chi connectivity index (χ1n) is 5.46. The van der Waals surface area contributed by atoms with Crippen molar-refractivity contribution in [3.05, 3.63) is 34.9 Å². The van der Waals surface area contributed by atoms with Crippen molar-refractivity contribution in [2.45, 2.75) is 20.4 Å². The van der Waals surface area contributed by atoms with Gasteiger partial charge in [-0.05, 0) is 45.1 Å². The van der Waals surface area contributed by atoms with Crippen molar-refractivity contribution in [3.63, 3.8) is 0 Å². The lowest BCUT2D eigenvalue weighted by Gasteiger charge is -2.15. The van der Waals surface area contributed by atoms with Crippen molar-refractivity contribution in [2.24, 2.45) is 0 Å². The highest BCUT2D eigenvalue weighted by Crippen LogP contribution is 2.16. The minimum Gasteiger partial charge on any atom is -0.462 e. The summed E-state index contributed by atoms with van der Waals surface area (Å²) in [6.07, 6.45) is 0. The molecule has 0 N–H and O–H groups in total. The topological polar surface area (TPSA) is 29.5 Å². The van der Waals surface area contributed by atoms with Gasteiger partial charge < -0.3 is 9.64 Å². The molecule has 0 radical (unpaired) electrons. The van der Waals surface area contributed by atoms with E-state index in [9.17, 15) is 4.79 Å². The molecule has 0 unspecified atom stereocenters. The van der Waals surface area contributed by atoms with Gasteiger partial charge in [-0.3, -0.25) is 0 Å². The Balaban J connectivity index is 3.07. The summed E-state index contributed by atoms with van der Waals surface area (Å²) in [6, 6.07) is 5.73. The zero-order valence-corrected chi connectivity index (χ0v) is 10.4. The van der Waals surface area contributed by atoms with E-state index < -0.39 is 0 Å². The lowest BCUT2D eigenvalue weighted by Crippen LogP contribution is -2.16. The molecule has 0 fully saturated rings. The molecule has 1 aromatic carbocycles. The van der Waals surface area contributed by atoms with Crippen LogP contribution in [0, 0.1) is 6.92 Å². The standard InChI is InChI=1S/C13H19NO2/c1-5-16-13(15)11-8-6-7-10(2)12(11)9-14(3)4/h6-8H,5,9H2,1-4H3. The predicted octanol–water partition coefficient (Wildman–Crippen LogP) is 2.23. The molecule has 0 saturated carbocycles. The summed E-state index contributed by atoms with van der Waals surface area (Å²) in [7, 11) is 3.97. The lowest BCUT2D eigenvalue weighted by molar-refractivity contribution is 0.0524. The Kier molecular flexibility index (Phi) is 4.50. The molecule has 3 nitrogen and oxygen atoms in total. The first-order valence-corrected chi connectivity index (χ1v) is 5.46. The van der Waals surface area contributed by atoms with Crippen LogP contribution in [0.25, 0.3) is 0 Å². The maximum absolute atomic E-state index is 11.8. The fourth-order valence-electron chi connectivity index (χ4n) is 1.63. The van der Waals surface area contributed by atoms with E-state index in [1.54, 1.807) is 0 Å². The number of carbonyl (C=O) groups excluding carboxylic acids is 1. The summed E-state index contributed by atoms with van der Waals surface area (Å²) in [4.78, 5) is 13.8. The van der Waals surface area contributed by atoms with Crippen LogP contribution in [0.5, 0.6) is 0 Å². The number of esters is 1. The molecule has 0 spiro atoms. The van der Waals surface area contributed by atoms with Gasteiger partial charge in [0, 0.05) is 6.54 Å². The molecule has 1 rings (SSSR count). The van der Waals surface area contributed by atoms with Crippen molar-refractivity contribution in [1.29, 1.82) is 0 Å². The number of hydrogen-bond acceptors (Lipinski definition) is 3. The minimum absolute atomic E-state index is 0.233. The molecular weight excluding hydrogens is 202 g/mol. The number of rotatable bonds is 4. The van der Waals surface area contributed by atoms with Crippen molar-refractivity contribution in [3.8, 4) is 0 Å². The van der Waals surface area contributed by atoms with Crippen molar-refractivity contribution >= 4 is 5.97 Å². The van der Waals surface area contributed by atoms with Crippen LogP contribution < -0.4 is 0 Å². The molecule has 0 aromatic heterocycles. The van der Waals surface area contributed by atoms with Crippen molar-refractivity contribution < 1.29 is 9.53 Å². The van der Waals surface area contributed by atoms with Gasteiger partial charge in [-0.2, -0.15) is 0 Å². The fourth-order valence-corrected chi connectivity index (χ4v) is 1.63. The van der Waals surface area contributed by atoms with E-state index in [0.717, 1.165) is 17.7 Å². The second-order valence-electron chi connectivity index (χ2n) is 4.06. The van der Waals surface area contributed by atoms with Crippen LogP contribution in [0.15, 0.2) is 18.2 Å². The van der Waals surface area contributed by atoms with E-state index in [2.05, 4.69) is 0 Å². The largest absolute Gasteiger partial charge is 0.462 e. The average Bonchev–Trinajstić information content (AvgIpc) is 2.20. The molecule has 0 aliphatic rings. The number of hydrogen-bond donors (Lipinski definition) is 0. The molecule has 0 amide bonds. The summed E-state index contributed by atoms with van der Waals surface area (Å²) in [5.41, 5.74) is 2.85.